The minimum absolute atomic E-state index is 0.112. The summed E-state index contributed by atoms with van der Waals surface area (Å²) in [5.74, 6) is 1.01. The molecule has 2 aromatic carbocycles. The summed E-state index contributed by atoms with van der Waals surface area (Å²) in [6.45, 7) is 12.8. The number of amides is 4. The summed E-state index contributed by atoms with van der Waals surface area (Å²) >= 11 is 1.70. The van der Waals surface area contributed by atoms with E-state index in [0.29, 0.717) is 12.7 Å². The highest BCUT2D eigenvalue weighted by molar-refractivity contribution is 7.22. The number of rotatable bonds is 10. The van der Waals surface area contributed by atoms with Gasteiger partial charge in [0.25, 0.3) is 0 Å². The zero-order chi connectivity index (χ0) is 40.8. The van der Waals surface area contributed by atoms with E-state index in [4.69, 9.17) is 19.4 Å². The van der Waals surface area contributed by atoms with Crippen LogP contribution in [0.1, 0.15) is 64.3 Å². The van der Waals surface area contributed by atoms with Gasteiger partial charge >= 0.3 is 12.2 Å². The van der Waals surface area contributed by atoms with Gasteiger partial charge in [0.2, 0.25) is 11.8 Å². The molecule has 0 bridgehead atoms. The Labute approximate surface area is 337 Å². The van der Waals surface area contributed by atoms with E-state index in [1.165, 1.54) is 14.2 Å². The number of nitrogens with zero attached hydrogens (tertiary/aromatic N) is 4. The van der Waals surface area contributed by atoms with Crippen molar-refractivity contribution in [3.8, 4) is 21.7 Å². The molecular weight excluding hydrogens is 761 g/mol. The fraction of sp³-hybridized carbons (Fsp3) is 0.463. The summed E-state index contributed by atoms with van der Waals surface area (Å²) in [6.07, 6.45) is 2.89. The Morgan fingerprint density at radius 3 is 2.11 bits per heavy atom. The Bertz CT molecular complexity index is 2300. The number of nitrogens with one attached hydrogen (secondary N) is 4. The van der Waals surface area contributed by atoms with Crippen LogP contribution in [0.2, 0.25) is 19.1 Å². The van der Waals surface area contributed by atoms with Crippen LogP contribution in [0.5, 0.6) is 0 Å². The number of imidazole rings is 2. The Morgan fingerprint density at radius 1 is 0.842 bits per heavy atom. The van der Waals surface area contributed by atoms with Gasteiger partial charge in [-0.2, -0.15) is 0 Å². The number of methoxy groups -OCH3 is 2. The minimum atomic E-state index is -1.75. The van der Waals surface area contributed by atoms with Crippen molar-refractivity contribution in [2.75, 3.05) is 26.9 Å². The van der Waals surface area contributed by atoms with Crippen molar-refractivity contribution >= 4 is 64.5 Å². The maximum absolute atomic E-state index is 13.9. The van der Waals surface area contributed by atoms with Crippen molar-refractivity contribution in [1.82, 2.24) is 40.4 Å². The van der Waals surface area contributed by atoms with Crippen LogP contribution in [0.25, 0.3) is 42.8 Å². The molecule has 4 atom stereocenters. The van der Waals surface area contributed by atoms with E-state index in [0.717, 1.165) is 73.4 Å². The lowest BCUT2D eigenvalue weighted by Gasteiger charge is -2.30. The molecule has 3 aromatic heterocycles. The average molecular weight is 813 g/mol. The molecule has 302 valence electrons. The molecule has 2 aliphatic heterocycles. The summed E-state index contributed by atoms with van der Waals surface area (Å²) in [5.41, 5.74) is 4.70. The Kier molecular flexibility index (Phi) is 11.2. The Hall–Kier alpha value is -5.22. The second kappa shape index (κ2) is 16.0. The molecule has 2 fully saturated rings. The number of thiophene rings is 1. The van der Waals surface area contributed by atoms with Gasteiger partial charge in [-0.05, 0) is 60.0 Å². The Balaban J connectivity index is 1.10. The van der Waals surface area contributed by atoms with Crippen LogP contribution in [0, 0.1) is 11.8 Å². The fourth-order valence-electron chi connectivity index (χ4n) is 8.19. The first kappa shape index (κ1) is 40.0. The number of ether oxygens (including phenoxy) is 2. The van der Waals surface area contributed by atoms with Gasteiger partial charge in [-0.25, -0.2) is 19.6 Å². The van der Waals surface area contributed by atoms with Gasteiger partial charge in [-0.1, -0.05) is 65.1 Å². The van der Waals surface area contributed by atoms with Crippen LogP contribution in [0.3, 0.4) is 0 Å². The van der Waals surface area contributed by atoms with Gasteiger partial charge in [0.05, 0.1) is 57.3 Å². The van der Waals surface area contributed by atoms with Gasteiger partial charge in [0.15, 0.2) is 0 Å². The molecule has 4 amide bonds. The smallest absolute Gasteiger partial charge is 0.407 e. The molecule has 4 N–H and O–H groups in total. The number of fused-ring (bicyclic) bond motifs is 3. The maximum Gasteiger partial charge on any atom is 0.407 e. The van der Waals surface area contributed by atoms with Crippen molar-refractivity contribution in [2.24, 2.45) is 11.8 Å². The topological polar surface area (TPSA) is 175 Å². The molecule has 2 aliphatic rings. The molecule has 0 radical (unpaired) electrons. The molecule has 0 unspecified atom stereocenters. The highest BCUT2D eigenvalue weighted by atomic mass is 32.1. The third-order valence-corrected chi connectivity index (χ3v) is 15.0. The zero-order valence-corrected chi connectivity index (χ0v) is 35.6. The third kappa shape index (κ3) is 8.01. The van der Waals surface area contributed by atoms with Crippen molar-refractivity contribution in [3.05, 3.63) is 60.3 Å². The van der Waals surface area contributed by atoms with Crippen molar-refractivity contribution in [2.45, 2.75) is 83.8 Å². The zero-order valence-electron chi connectivity index (χ0n) is 33.8. The summed E-state index contributed by atoms with van der Waals surface area (Å²) in [5, 5.41) is 6.50. The van der Waals surface area contributed by atoms with Crippen LogP contribution in [-0.4, -0.2) is 101 Å². The predicted molar refractivity (Wildman–Crippen MR) is 223 cm³/mol. The highest BCUT2D eigenvalue weighted by Crippen LogP contribution is 2.41. The fourth-order valence-corrected chi connectivity index (χ4v) is 12.1. The van der Waals surface area contributed by atoms with E-state index in [9.17, 15) is 19.2 Å². The quantitative estimate of drug-likeness (QED) is 0.106. The lowest BCUT2D eigenvalue weighted by Crippen LogP contribution is -2.52. The molecule has 0 spiro atoms. The lowest BCUT2D eigenvalue weighted by atomic mass is 10.0. The number of likely N-dealkylation sites (tertiary alicyclic amines) is 1. The van der Waals surface area contributed by atoms with E-state index in [-0.39, 0.29) is 35.7 Å². The van der Waals surface area contributed by atoms with Crippen molar-refractivity contribution in [3.63, 3.8) is 0 Å². The number of aromatic nitrogens is 4. The number of carbonyl (C=O) groups is 4. The SMILES string of the molecule is COC(=O)N[C@H](C(=O)N1C[Si](C)(C)C[C@H]1c1ncc(-c2ccc(-c3cc4c(ccc5[nH]c([C@@H]6CCCN6C(=O)[C@@H](NC(=O)OC)C(C)C)nc54)s3)cc2)[nH]1)C(C)C. The molecule has 57 heavy (non-hydrogen) atoms. The maximum atomic E-state index is 13.9. The van der Waals surface area contributed by atoms with Crippen LogP contribution in [0.4, 0.5) is 9.59 Å². The minimum Gasteiger partial charge on any atom is -0.453 e. The van der Waals surface area contributed by atoms with E-state index >= 15 is 0 Å². The van der Waals surface area contributed by atoms with E-state index in [1.807, 2.05) is 49.8 Å². The van der Waals surface area contributed by atoms with Gasteiger partial charge in [-0.3, -0.25) is 9.59 Å². The van der Waals surface area contributed by atoms with Crippen LogP contribution >= 0.6 is 11.3 Å². The molecule has 0 saturated carbocycles. The largest absolute Gasteiger partial charge is 0.453 e. The molecule has 0 aliphatic carbocycles. The van der Waals surface area contributed by atoms with E-state index in [1.54, 1.807) is 11.3 Å². The number of hydrogen-bond donors (Lipinski definition) is 4. The number of aromatic amines is 2. The molecule has 14 nitrogen and oxygen atoms in total. The average Bonchev–Trinajstić information content (AvgIpc) is 4.03. The van der Waals surface area contributed by atoms with Gasteiger partial charge in [0.1, 0.15) is 23.7 Å². The second-order valence-electron chi connectivity index (χ2n) is 16.6. The standard InChI is InChI=1S/C41H52N8O6SSi/c1-22(2)33(46-40(52)54-5)38(50)48-17-9-10-29(48)37-43-27-15-16-31-26(35(27)45-37)18-32(56-31)25-13-11-24(12-14-25)28-19-42-36(44-28)30-20-57(7,8)21-49(30)39(51)34(23(3)4)47-41(53)55-6/h11-16,18-19,22-23,29-30,33-34H,9-10,17,20-21H2,1-8H3,(H,42,44)(H,43,45)(H,46,52)(H,47,53)/t29-,30-,33-,34-/m0/s1. The lowest BCUT2D eigenvalue weighted by molar-refractivity contribution is -0.136. The van der Waals surface area contributed by atoms with E-state index < -0.39 is 32.3 Å². The van der Waals surface area contributed by atoms with E-state index in [2.05, 4.69) is 70.1 Å². The number of alkyl carbamates (subject to hydrolysis) is 2. The summed E-state index contributed by atoms with van der Waals surface area (Å²) < 4.78 is 10.7. The van der Waals surface area contributed by atoms with Crippen LogP contribution < -0.4 is 10.6 Å². The van der Waals surface area contributed by atoms with Gasteiger partial charge in [0, 0.05) is 27.7 Å². The summed E-state index contributed by atoms with van der Waals surface area (Å²) in [4.78, 5) is 73.4. The number of hydrogen-bond acceptors (Lipinski definition) is 9. The predicted octanol–water partition coefficient (Wildman–Crippen LogP) is 7.39. The summed E-state index contributed by atoms with van der Waals surface area (Å²) in [6, 6.07) is 13.8. The number of H-pyrrole nitrogens is 2. The number of benzene rings is 2. The third-order valence-electron chi connectivity index (χ3n) is 11.2. The first-order valence-electron chi connectivity index (χ1n) is 19.6. The molecule has 2 saturated heterocycles. The van der Waals surface area contributed by atoms with Crippen LogP contribution in [-0.2, 0) is 19.1 Å². The number of carbonyl (C=O) groups excluding carboxylic acids is 4. The molecule has 7 rings (SSSR count). The Morgan fingerprint density at radius 2 is 1.47 bits per heavy atom. The highest BCUT2D eigenvalue weighted by Gasteiger charge is 2.46. The van der Waals surface area contributed by atoms with Crippen molar-refractivity contribution < 1.29 is 28.7 Å². The second-order valence-corrected chi connectivity index (χ2v) is 22.8. The molecule has 5 heterocycles. The van der Waals surface area contributed by atoms with Crippen LogP contribution in [0.15, 0.2) is 48.7 Å². The monoisotopic (exact) mass is 812 g/mol. The first-order valence-corrected chi connectivity index (χ1v) is 23.8. The summed E-state index contributed by atoms with van der Waals surface area (Å²) in [7, 11) is 0.843. The first-order chi connectivity index (χ1) is 27.2. The van der Waals surface area contributed by atoms with Gasteiger partial charge < -0.3 is 39.9 Å². The normalized spacial score (nSPS) is 19.1. The van der Waals surface area contributed by atoms with Gasteiger partial charge in [-0.15, -0.1) is 11.3 Å². The molecule has 5 aromatic rings. The van der Waals surface area contributed by atoms with Crippen molar-refractivity contribution in [1.29, 1.82) is 0 Å². The molecule has 16 heteroatoms. The molecular formula is C41H52N8O6SSi.